The molecular formula is C21H32N2O4. The van der Waals surface area contributed by atoms with Gasteiger partial charge in [0.1, 0.15) is 6.04 Å². The SMILES string of the molecule is CCCCOC(=O)CC1C(=O)NCCN1C(=O)C12CC3CC(CC(C3)C1)C2. The molecule has 4 saturated carbocycles. The molecule has 5 fully saturated rings. The standard InChI is InChI=1S/C21H32N2O4/c1-2-3-6-27-18(24)10-17-19(25)22-4-5-23(17)20(26)21-11-14-7-15(12-21)9-16(8-14)13-21/h14-17H,2-13H2,1H3,(H,22,25). The van der Waals surface area contributed by atoms with Crippen LogP contribution in [0.1, 0.15) is 64.7 Å². The fourth-order valence-electron chi connectivity index (χ4n) is 6.39. The van der Waals surface area contributed by atoms with Crippen molar-refractivity contribution in [2.45, 2.75) is 70.8 Å². The van der Waals surface area contributed by atoms with E-state index in [0.29, 0.717) is 37.5 Å². The van der Waals surface area contributed by atoms with E-state index in [1.54, 1.807) is 4.90 Å². The van der Waals surface area contributed by atoms with E-state index in [1.807, 2.05) is 6.92 Å². The van der Waals surface area contributed by atoms with Gasteiger partial charge in [-0.25, -0.2) is 0 Å². The second-order valence-electron chi connectivity index (χ2n) is 9.28. The smallest absolute Gasteiger partial charge is 0.308 e. The van der Waals surface area contributed by atoms with E-state index in [2.05, 4.69) is 5.32 Å². The first-order chi connectivity index (χ1) is 13.0. The highest BCUT2D eigenvalue weighted by atomic mass is 16.5. The maximum atomic E-state index is 13.6. The number of hydrogen-bond acceptors (Lipinski definition) is 4. The Kier molecular flexibility index (Phi) is 5.17. The molecule has 150 valence electrons. The van der Waals surface area contributed by atoms with E-state index in [-0.39, 0.29) is 29.6 Å². The van der Waals surface area contributed by atoms with Crippen molar-refractivity contribution in [2.75, 3.05) is 19.7 Å². The Morgan fingerprint density at radius 3 is 2.37 bits per heavy atom. The van der Waals surface area contributed by atoms with E-state index in [1.165, 1.54) is 19.3 Å². The minimum atomic E-state index is -0.714. The molecule has 0 aromatic carbocycles. The molecular weight excluding hydrogens is 344 g/mol. The third-order valence-electron chi connectivity index (χ3n) is 7.20. The number of carbonyl (C=O) groups is 3. The Morgan fingerprint density at radius 1 is 1.15 bits per heavy atom. The van der Waals surface area contributed by atoms with Crippen LogP contribution in [0, 0.1) is 23.2 Å². The first-order valence-corrected chi connectivity index (χ1v) is 10.7. The van der Waals surface area contributed by atoms with Gasteiger partial charge in [-0.1, -0.05) is 13.3 Å². The van der Waals surface area contributed by atoms with Crippen LogP contribution in [0.15, 0.2) is 0 Å². The molecule has 0 spiro atoms. The van der Waals surface area contributed by atoms with Crippen molar-refractivity contribution in [2.24, 2.45) is 23.2 Å². The molecule has 2 amide bonds. The van der Waals surface area contributed by atoms with Gasteiger partial charge in [0.25, 0.3) is 0 Å². The Hall–Kier alpha value is -1.59. The molecule has 27 heavy (non-hydrogen) atoms. The van der Waals surface area contributed by atoms with Crippen molar-refractivity contribution in [3.63, 3.8) is 0 Å². The van der Waals surface area contributed by atoms with Crippen LogP contribution < -0.4 is 5.32 Å². The van der Waals surface area contributed by atoms with Gasteiger partial charge in [0.05, 0.1) is 18.4 Å². The molecule has 1 aliphatic heterocycles. The molecule has 0 aromatic heterocycles. The van der Waals surface area contributed by atoms with Gasteiger partial charge < -0.3 is 15.0 Å². The van der Waals surface area contributed by atoms with E-state index >= 15 is 0 Å². The van der Waals surface area contributed by atoms with Crippen LogP contribution in [0.2, 0.25) is 0 Å². The lowest BCUT2D eigenvalue weighted by Crippen LogP contribution is -2.63. The lowest BCUT2D eigenvalue weighted by atomic mass is 9.49. The molecule has 1 unspecified atom stereocenters. The number of piperazine rings is 1. The van der Waals surface area contributed by atoms with E-state index < -0.39 is 6.04 Å². The van der Waals surface area contributed by atoms with Crippen LogP contribution in [0.25, 0.3) is 0 Å². The number of unbranched alkanes of at least 4 members (excludes halogenated alkanes) is 1. The Labute approximate surface area is 161 Å². The summed E-state index contributed by atoms with van der Waals surface area (Å²) in [5.74, 6) is 1.56. The molecule has 0 radical (unpaired) electrons. The number of nitrogens with zero attached hydrogens (tertiary/aromatic N) is 1. The third kappa shape index (κ3) is 3.59. The van der Waals surface area contributed by atoms with E-state index in [0.717, 1.165) is 32.1 Å². The van der Waals surface area contributed by atoms with Crippen molar-refractivity contribution in [3.05, 3.63) is 0 Å². The topological polar surface area (TPSA) is 75.7 Å². The second kappa shape index (κ2) is 7.44. The maximum absolute atomic E-state index is 13.6. The molecule has 5 rings (SSSR count). The summed E-state index contributed by atoms with van der Waals surface area (Å²) in [5, 5.41) is 2.82. The lowest BCUT2D eigenvalue weighted by molar-refractivity contribution is -0.166. The van der Waals surface area contributed by atoms with E-state index in [4.69, 9.17) is 4.74 Å². The molecule has 1 heterocycles. The summed E-state index contributed by atoms with van der Waals surface area (Å²) in [4.78, 5) is 40.1. The average molecular weight is 376 g/mol. The first kappa shape index (κ1) is 18.8. The predicted octanol–water partition coefficient (Wildman–Crippen LogP) is 2.26. The highest BCUT2D eigenvalue weighted by Crippen LogP contribution is 2.60. The number of rotatable bonds is 6. The largest absolute Gasteiger partial charge is 0.466 e. The number of ether oxygens (including phenoxy) is 1. The van der Waals surface area contributed by atoms with Gasteiger partial charge in [0.2, 0.25) is 11.8 Å². The zero-order valence-corrected chi connectivity index (χ0v) is 16.4. The normalized spacial score (nSPS) is 37.2. The lowest BCUT2D eigenvalue weighted by Gasteiger charge is -2.57. The summed E-state index contributed by atoms with van der Waals surface area (Å²) >= 11 is 0. The van der Waals surface area contributed by atoms with Crippen LogP contribution >= 0.6 is 0 Å². The van der Waals surface area contributed by atoms with Crippen molar-refractivity contribution < 1.29 is 19.1 Å². The maximum Gasteiger partial charge on any atom is 0.308 e. The van der Waals surface area contributed by atoms with Crippen molar-refractivity contribution in [1.82, 2.24) is 10.2 Å². The fourth-order valence-corrected chi connectivity index (χ4v) is 6.39. The van der Waals surface area contributed by atoms with Crippen molar-refractivity contribution >= 4 is 17.8 Å². The van der Waals surface area contributed by atoms with Gasteiger partial charge in [0, 0.05) is 13.1 Å². The number of amides is 2. The second-order valence-corrected chi connectivity index (χ2v) is 9.28. The van der Waals surface area contributed by atoms with Crippen molar-refractivity contribution in [1.29, 1.82) is 0 Å². The summed E-state index contributed by atoms with van der Waals surface area (Å²) in [6.07, 6.45) is 8.50. The van der Waals surface area contributed by atoms with Gasteiger partial charge in [-0.3, -0.25) is 14.4 Å². The third-order valence-corrected chi connectivity index (χ3v) is 7.20. The molecule has 0 aromatic rings. The highest BCUT2D eigenvalue weighted by Gasteiger charge is 2.56. The summed E-state index contributed by atoms with van der Waals surface area (Å²) in [6.45, 7) is 3.39. The minimum Gasteiger partial charge on any atom is -0.466 e. The Bertz CT molecular complexity index is 582. The first-order valence-electron chi connectivity index (χ1n) is 10.7. The van der Waals surface area contributed by atoms with Crippen LogP contribution in [0.5, 0.6) is 0 Å². The molecule has 1 atom stereocenters. The zero-order chi connectivity index (χ0) is 19.0. The van der Waals surface area contributed by atoms with Gasteiger partial charge in [-0.2, -0.15) is 0 Å². The molecule has 4 aliphatic carbocycles. The van der Waals surface area contributed by atoms with Gasteiger partial charge >= 0.3 is 5.97 Å². The summed E-state index contributed by atoms with van der Waals surface area (Å²) < 4.78 is 5.25. The van der Waals surface area contributed by atoms with Crippen LogP contribution in [0.3, 0.4) is 0 Å². The van der Waals surface area contributed by atoms with Crippen LogP contribution in [-0.2, 0) is 19.1 Å². The zero-order valence-electron chi connectivity index (χ0n) is 16.4. The number of nitrogens with one attached hydrogen (secondary N) is 1. The quantitative estimate of drug-likeness (QED) is 0.570. The van der Waals surface area contributed by atoms with Gasteiger partial charge in [-0.05, 0) is 62.7 Å². The minimum absolute atomic E-state index is 0.0341. The molecule has 6 nitrogen and oxygen atoms in total. The molecule has 6 heteroatoms. The molecule has 5 aliphatic rings. The van der Waals surface area contributed by atoms with Crippen molar-refractivity contribution in [3.8, 4) is 0 Å². The predicted molar refractivity (Wildman–Crippen MR) is 99.6 cm³/mol. The van der Waals surface area contributed by atoms with Gasteiger partial charge in [0.15, 0.2) is 0 Å². The van der Waals surface area contributed by atoms with Crippen LogP contribution in [-0.4, -0.2) is 48.4 Å². The van der Waals surface area contributed by atoms with Gasteiger partial charge in [-0.15, -0.1) is 0 Å². The summed E-state index contributed by atoms with van der Waals surface area (Å²) in [7, 11) is 0. The average Bonchev–Trinajstić information content (AvgIpc) is 2.62. The fraction of sp³-hybridized carbons (Fsp3) is 0.857. The summed E-state index contributed by atoms with van der Waals surface area (Å²) in [6, 6.07) is -0.714. The molecule has 1 N–H and O–H groups in total. The Morgan fingerprint density at radius 2 is 1.78 bits per heavy atom. The number of esters is 1. The van der Waals surface area contributed by atoms with Crippen LogP contribution in [0.4, 0.5) is 0 Å². The number of carbonyl (C=O) groups excluding carboxylic acids is 3. The Balaban J connectivity index is 1.47. The molecule has 1 saturated heterocycles. The van der Waals surface area contributed by atoms with E-state index in [9.17, 15) is 14.4 Å². The highest BCUT2D eigenvalue weighted by molar-refractivity contribution is 5.93. The monoisotopic (exact) mass is 376 g/mol. The molecule has 4 bridgehead atoms. The summed E-state index contributed by atoms with van der Waals surface area (Å²) in [5.41, 5.74) is -0.281. The number of hydrogen-bond donors (Lipinski definition) is 1.